The van der Waals surface area contributed by atoms with Gasteiger partial charge in [0, 0.05) is 45.5 Å². The van der Waals surface area contributed by atoms with E-state index in [-0.39, 0.29) is 5.60 Å². The Balaban J connectivity index is 1.97. The van der Waals surface area contributed by atoms with Gasteiger partial charge in [-0.1, -0.05) is 0 Å². The van der Waals surface area contributed by atoms with E-state index in [2.05, 4.69) is 10.3 Å². The Morgan fingerprint density at radius 1 is 1.35 bits per heavy atom. The molecule has 20 heavy (non-hydrogen) atoms. The lowest BCUT2D eigenvalue weighted by atomic mass is 10.0. The molecule has 0 saturated carbocycles. The monoisotopic (exact) mass is 282 g/mol. The van der Waals surface area contributed by atoms with Gasteiger partial charge in [0.25, 0.3) is 0 Å². The topological polar surface area (TPSA) is 61.8 Å². The minimum Gasteiger partial charge on any atom is -0.493 e. The Kier molecular flexibility index (Phi) is 5.17. The molecular formula is C14H22N2O4. The number of hydrogen-bond donors (Lipinski definition) is 1. The van der Waals surface area contributed by atoms with Crippen LogP contribution in [0.2, 0.25) is 0 Å². The summed E-state index contributed by atoms with van der Waals surface area (Å²) in [7, 11) is 4.95. The van der Waals surface area contributed by atoms with Crippen LogP contribution in [-0.2, 0) is 16.0 Å². The molecule has 2 rings (SSSR count). The summed E-state index contributed by atoms with van der Waals surface area (Å²) >= 11 is 0. The highest BCUT2D eigenvalue weighted by Crippen LogP contribution is 2.29. The van der Waals surface area contributed by atoms with E-state index in [9.17, 15) is 0 Å². The molecule has 1 fully saturated rings. The van der Waals surface area contributed by atoms with Gasteiger partial charge in [0.15, 0.2) is 11.5 Å². The predicted octanol–water partition coefficient (Wildman–Crippen LogP) is 0.994. The predicted molar refractivity (Wildman–Crippen MR) is 74.2 cm³/mol. The summed E-state index contributed by atoms with van der Waals surface area (Å²) in [5.74, 6) is 1.35. The van der Waals surface area contributed by atoms with Gasteiger partial charge in [0.1, 0.15) is 5.60 Å². The second-order valence-corrected chi connectivity index (χ2v) is 4.79. The summed E-state index contributed by atoms with van der Waals surface area (Å²) < 4.78 is 21.6. The van der Waals surface area contributed by atoms with E-state index in [1.807, 2.05) is 0 Å². The van der Waals surface area contributed by atoms with Crippen molar-refractivity contribution >= 4 is 0 Å². The van der Waals surface area contributed by atoms with Gasteiger partial charge in [-0.25, -0.2) is 0 Å². The van der Waals surface area contributed by atoms with E-state index in [1.165, 1.54) is 0 Å². The Hall–Kier alpha value is -1.37. The lowest BCUT2D eigenvalue weighted by Gasteiger charge is -2.26. The Labute approximate surface area is 119 Å². The number of rotatable bonds is 7. The third-order valence-corrected chi connectivity index (χ3v) is 3.61. The molecule has 1 aromatic rings. The van der Waals surface area contributed by atoms with Crippen molar-refractivity contribution in [1.82, 2.24) is 10.3 Å². The molecule has 1 unspecified atom stereocenters. The Bertz CT molecular complexity index is 433. The first kappa shape index (κ1) is 15.0. The lowest BCUT2D eigenvalue weighted by Crippen LogP contribution is -2.42. The summed E-state index contributed by atoms with van der Waals surface area (Å²) in [6.45, 7) is 2.67. The summed E-state index contributed by atoms with van der Waals surface area (Å²) in [5.41, 5.74) is 0.587. The standard InChI is InChI=1S/C14H22N2O4/c1-17-12-4-6-16-11(13(12)18-2)8-15-9-14(19-3)5-7-20-10-14/h4,6,15H,5,7-10H2,1-3H3. The SMILES string of the molecule is COc1ccnc(CNCC2(OC)CCOC2)c1OC. The van der Waals surface area contributed by atoms with Crippen molar-refractivity contribution in [3.63, 3.8) is 0 Å². The quantitative estimate of drug-likeness (QED) is 0.805. The number of nitrogens with zero attached hydrogens (tertiary/aromatic N) is 1. The number of nitrogens with one attached hydrogen (secondary N) is 1. The molecule has 1 saturated heterocycles. The molecule has 0 spiro atoms. The third kappa shape index (κ3) is 3.20. The Morgan fingerprint density at radius 2 is 2.20 bits per heavy atom. The maximum Gasteiger partial charge on any atom is 0.183 e. The number of hydrogen-bond acceptors (Lipinski definition) is 6. The van der Waals surface area contributed by atoms with Crippen LogP contribution in [-0.4, -0.2) is 51.7 Å². The van der Waals surface area contributed by atoms with Gasteiger partial charge in [-0.2, -0.15) is 0 Å². The summed E-state index contributed by atoms with van der Waals surface area (Å²) in [6.07, 6.45) is 2.61. The van der Waals surface area contributed by atoms with E-state index >= 15 is 0 Å². The zero-order valence-electron chi connectivity index (χ0n) is 12.3. The summed E-state index contributed by atoms with van der Waals surface area (Å²) in [6, 6.07) is 1.78. The number of ether oxygens (including phenoxy) is 4. The van der Waals surface area contributed by atoms with Crippen LogP contribution >= 0.6 is 0 Å². The van der Waals surface area contributed by atoms with Gasteiger partial charge in [-0.3, -0.25) is 4.98 Å². The smallest absolute Gasteiger partial charge is 0.183 e. The van der Waals surface area contributed by atoms with Gasteiger partial charge < -0.3 is 24.3 Å². The van der Waals surface area contributed by atoms with Crippen LogP contribution in [0.15, 0.2) is 12.3 Å². The minimum atomic E-state index is -0.230. The fourth-order valence-corrected chi connectivity index (χ4v) is 2.35. The van der Waals surface area contributed by atoms with Gasteiger partial charge >= 0.3 is 0 Å². The van der Waals surface area contributed by atoms with Crippen molar-refractivity contribution in [2.24, 2.45) is 0 Å². The van der Waals surface area contributed by atoms with Gasteiger partial charge in [0.2, 0.25) is 0 Å². The van der Waals surface area contributed by atoms with Crippen LogP contribution in [0.4, 0.5) is 0 Å². The van der Waals surface area contributed by atoms with Crippen molar-refractivity contribution < 1.29 is 18.9 Å². The second kappa shape index (κ2) is 6.88. The van der Waals surface area contributed by atoms with E-state index in [0.29, 0.717) is 31.2 Å². The van der Waals surface area contributed by atoms with E-state index in [0.717, 1.165) is 18.7 Å². The number of methoxy groups -OCH3 is 3. The highest BCUT2D eigenvalue weighted by molar-refractivity contribution is 5.42. The molecule has 0 aliphatic carbocycles. The second-order valence-electron chi connectivity index (χ2n) is 4.79. The van der Waals surface area contributed by atoms with Crippen LogP contribution in [0, 0.1) is 0 Å². The van der Waals surface area contributed by atoms with Crippen LogP contribution < -0.4 is 14.8 Å². The van der Waals surface area contributed by atoms with Crippen LogP contribution in [0.5, 0.6) is 11.5 Å². The first-order chi connectivity index (χ1) is 9.74. The molecule has 0 radical (unpaired) electrons. The molecule has 2 heterocycles. The molecule has 0 aromatic carbocycles. The molecular weight excluding hydrogens is 260 g/mol. The largest absolute Gasteiger partial charge is 0.493 e. The van der Waals surface area contributed by atoms with Crippen molar-refractivity contribution in [2.45, 2.75) is 18.6 Å². The average Bonchev–Trinajstić information content (AvgIpc) is 2.96. The molecule has 1 N–H and O–H groups in total. The minimum absolute atomic E-state index is 0.230. The molecule has 1 aromatic heterocycles. The van der Waals surface area contributed by atoms with Gasteiger partial charge in [-0.05, 0) is 0 Å². The normalized spacial score (nSPS) is 21.9. The first-order valence-electron chi connectivity index (χ1n) is 6.64. The molecule has 1 atom stereocenters. The molecule has 0 amide bonds. The van der Waals surface area contributed by atoms with Crippen LogP contribution in [0.25, 0.3) is 0 Å². The van der Waals surface area contributed by atoms with Crippen molar-refractivity contribution in [3.05, 3.63) is 18.0 Å². The summed E-state index contributed by atoms with van der Waals surface area (Å²) in [5, 5.41) is 3.36. The van der Waals surface area contributed by atoms with Crippen LogP contribution in [0.3, 0.4) is 0 Å². The first-order valence-corrected chi connectivity index (χ1v) is 6.64. The Morgan fingerprint density at radius 3 is 2.80 bits per heavy atom. The molecule has 6 heteroatoms. The van der Waals surface area contributed by atoms with E-state index < -0.39 is 0 Å². The highest BCUT2D eigenvalue weighted by Gasteiger charge is 2.34. The number of pyridine rings is 1. The molecule has 112 valence electrons. The number of aromatic nitrogens is 1. The maximum atomic E-state index is 5.57. The van der Waals surface area contributed by atoms with Crippen molar-refractivity contribution in [3.8, 4) is 11.5 Å². The summed E-state index contributed by atoms with van der Waals surface area (Å²) in [4.78, 5) is 4.33. The zero-order valence-corrected chi connectivity index (χ0v) is 12.3. The van der Waals surface area contributed by atoms with Gasteiger partial charge in [-0.15, -0.1) is 0 Å². The average molecular weight is 282 g/mol. The molecule has 1 aliphatic heterocycles. The molecule has 1 aliphatic rings. The highest BCUT2D eigenvalue weighted by atomic mass is 16.5. The van der Waals surface area contributed by atoms with Crippen molar-refractivity contribution in [2.75, 3.05) is 41.1 Å². The fourth-order valence-electron chi connectivity index (χ4n) is 2.35. The van der Waals surface area contributed by atoms with Crippen LogP contribution in [0.1, 0.15) is 12.1 Å². The molecule has 0 bridgehead atoms. The van der Waals surface area contributed by atoms with Gasteiger partial charge in [0.05, 0.1) is 26.5 Å². The maximum absolute atomic E-state index is 5.57. The zero-order chi connectivity index (χ0) is 14.4. The third-order valence-electron chi connectivity index (χ3n) is 3.61. The lowest BCUT2D eigenvalue weighted by molar-refractivity contribution is -0.0160. The van der Waals surface area contributed by atoms with Crippen molar-refractivity contribution in [1.29, 1.82) is 0 Å². The fraction of sp³-hybridized carbons (Fsp3) is 0.643. The van der Waals surface area contributed by atoms with E-state index in [1.54, 1.807) is 33.6 Å². The molecule has 6 nitrogen and oxygen atoms in total. The van der Waals surface area contributed by atoms with E-state index in [4.69, 9.17) is 18.9 Å².